The van der Waals surface area contributed by atoms with E-state index < -0.39 is 18.9 Å². The van der Waals surface area contributed by atoms with Gasteiger partial charge in [-0.05, 0) is 6.07 Å². The van der Waals surface area contributed by atoms with Gasteiger partial charge in [0.15, 0.2) is 0 Å². The van der Waals surface area contributed by atoms with Crippen molar-refractivity contribution in [1.82, 2.24) is 4.90 Å². The third-order valence-corrected chi connectivity index (χ3v) is 2.91. The lowest BCUT2D eigenvalue weighted by molar-refractivity contribution is 0.0624. The number of nitrogens with zero attached hydrogens (tertiary/aromatic N) is 1. The van der Waals surface area contributed by atoms with Gasteiger partial charge in [0.2, 0.25) is 0 Å². The second kappa shape index (κ2) is 4.75. The Hall–Kier alpha value is -0.620. The standard InChI is InChI=1S/C8H9F2NOS2/c1-11(3-7(9)10)8(12)6-2-5(13)4-14-6/h2,4,7,13H,3H2,1H3. The predicted molar refractivity (Wildman–Crippen MR) is 54.5 cm³/mol. The third kappa shape index (κ3) is 2.95. The Kier molecular flexibility index (Phi) is 3.88. The van der Waals surface area contributed by atoms with E-state index in [0.29, 0.717) is 9.77 Å². The molecule has 6 heteroatoms. The highest BCUT2D eigenvalue weighted by Gasteiger charge is 2.16. The van der Waals surface area contributed by atoms with E-state index in [2.05, 4.69) is 12.6 Å². The van der Waals surface area contributed by atoms with Crippen molar-refractivity contribution >= 4 is 29.9 Å². The summed E-state index contributed by atoms with van der Waals surface area (Å²) in [4.78, 5) is 13.6. The molecule has 0 fully saturated rings. The van der Waals surface area contributed by atoms with Gasteiger partial charge in [-0.2, -0.15) is 0 Å². The summed E-state index contributed by atoms with van der Waals surface area (Å²) in [7, 11) is 1.35. The van der Waals surface area contributed by atoms with Gasteiger partial charge in [-0.25, -0.2) is 8.78 Å². The number of carbonyl (C=O) groups is 1. The highest BCUT2D eigenvalue weighted by molar-refractivity contribution is 7.80. The molecule has 0 saturated heterocycles. The van der Waals surface area contributed by atoms with Gasteiger partial charge in [0.1, 0.15) is 0 Å². The van der Waals surface area contributed by atoms with E-state index in [1.165, 1.54) is 18.4 Å². The maximum Gasteiger partial charge on any atom is 0.263 e. The molecule has 14 heavy (non-hydrogen) atoms. The minimum Gasteiger partial charge on any atom is -0.335 e. The molecular weight excluding hydrogens is 228 g/mol. The van der Waals surface area contributed by atoms with Crippen LogP contribution in [-0.2, 0) is 0 Å². The maximum atomic E-state index is 12.0. The number of thiophene rings is 1. The molecule has 0 radical (unpaired) electrons. The zero-order chi connectivity index (χ0) is 10.7. The lowest BCUT2D eigenvalue weighted by Gasteiger charge is -2.14. The lowest BCUT2D eigenvalue weighted by atomic mass is 10.4. The highest BCUT2D eigenvalue weighted by Crippen LogP contribution is 2.19. The Bertz CT molecular complexity index is 327. The smallest absolute Gasteiger partial charge is 0.263 e. The molecule has 0 atom stereocenters. The van der Waals surface area contributed by atoms with Crippen molar-refractivity contribution in [3.05, 3.63) is 16.3 Å². The average molecular weight is 237 g/mol. The van der Waals surface area contributed by atoms with Crippen LogP contribution in [0.15, 0.2) is 16.3 Å². The second-order valence-corrected chi connectivity index (χ2v) is 4.17. The normalized spacial score (nSPS) is 10.6. The summed E-state index contributed by atoms with van der Waals surface area (Å²) < 4.78 is 23.9. The third-order valence-electron chi connectivity index (χ3n) is 1.55. The van der Waals surface area contributed by atoms with Crippen LogP contribution in [0.1, 0.15) is 9.67 Å². The first kappa shape index (κ1) is 11.5. The molecule has 0 aliphatic carbocycles. The molecule has 1 amide bonds. The van der Waals surface area contributed by atoms with Crippen LogP contribution in [0.4, 0.5) is 8.78 Å². The molecule has 0 unspecified atom stereocenters. The number of amides is 1. The highest BCUT2D eigenvalue weighted by atomic mass is 32.1. The molecular formula is C8H9F2NOS2. The van der Waals surface area contributed by atoms with Crippen molar-refractivity contribution in [2.24, 2.45) is 0 Å². The molecule has 1 heterocycles. The van der Waals surface area contributed by atoms with Crippen LogP contribution in [0.2, 0.25) is 0 Å². The van der Waals surface area contributed by atoms with Crippen molar-refractivity contribution in [1.29, 1.82) is 0 Å². The van der Waals surface area contributed by atoms with Gasteiger partial charge in [0, 0.05) is 17.3 Å². The maximum absolute atomic E-state index is 12.0. The molecule has 0 saturated carbocycles. The van der Waals surface area contributed by atoms with Gasteiger partial charge in [0.05, 0.1) is 11.4 Å². The van der Waals surface area contributed by atoms with E-state index in [0.717, 1.165) is 4.90 Å². The number of rotatable bonds is 3. The molecule has 0 bridgehead atoms. The number of alkyl halides is 2. The summed E-state index contributed by atoms with van der Waals surface area (Å²) >= 11 is 5.23. The Labute approximate surface area is 89.9 Å². The van der Waals surface area contributed by atoms with Crippen LogP contribution in [-0.4, -0.2) is 30.8 Å². The van der Waals surface area contributed by atoms with Crippen molar-refractivity contribution in [3.8, 4) is 0 Å². The summed E-state index contributed by atoms with van der Waals surface area (Å²) in [6.45, 7) is -0.543. The summed E-state index contributed by atoms with van der Waals surface area (Å²) in [5.41, 5.74) is 0. The van der Waals surface area contributed by atoms with Crippen LogP contribution in [0.3, 0.4) is 0 Å². The summed E-state index contributed by atoms with van der Waals surface area (Å²) in [6, 6.07) is 1.57. The molecule has 78 valence electrons. The fraction of sp³-hybridized carbons (Fsp3) is 0.375. The lowest BCUT2D eigenvalue weighted by Crippen LogP contribution is -2.30. The van der Waals surface area contributed by atoms with E-state index in [4.69, 9.17) is 0 Å². The number of hydrogen-bond donors (Lipinski definition) is 1. The molecule has 0 aliphatic heterocycles. The molecule has 0 aliphatic rings. The van der Waals surface area contributed by atoms with Crippen molar-refractivity contribution < 1.29 is 13.6 Å². The van der Waals surface area contributed by atoms with E-state index in [-0.39, 0.29) is 0 Å². The quantitative estimate of drug-likeness (QED) is 0.800. The summed E-state index contributed by atoms with van der Waals surface area (Å²) in [6.07, 6.45) is -2.50. The second-order valence-electron chi connectivity index (χ2n) is 2.75. The van der Waals surface area contributed by atoms with Gasteiger partial charge < -0.3 is 4.90 Å². The number of carbonyl (C=O) groups excluding carboxylic acids is 1. The van der Waals surface area contributed by atoms with Gasteiger partial charge in [0.25, 0.3) is 12.3 Å². The summed E-state index contributed by atoms with van der Waals surface area (Å²) in [5.74, 6) is -0.393. The predicted octanol–water partition coefficient (Wildman–Crippen LogP) is 2.37. The number of hydrogen-bond acceptors (Lipinski definition) is 3. The van der Waals surface area contributed by atoms with Crippen LogP contribution in [0, 0.1) is 0 Å². The Morgan fingerprint density at radius 1 is 1.71 bits per heavy atom. The van der Waals surface area contributed by atoms with Gasteiger partial charge in [-0.3, -0.25) is 4.79 Å². The Morgan fingerprint density at radius 2 is 2.36 bits per heavy atom. The monoisotopic (exact) mass is 237 g/mol. The fourth-order valence-corrected chi connectivity index (χ4v) is 2.06. The van der Waals surface area contributed by atoms with Crippen molar-refractivity contribution in [2.45, 2.75) is 11.3 Å². The SMILES string of the molecule is CN(CC(F)F)C(=O)c1cc(S)cs1. The van der Waals surface area contributed by atoms with Crippen molar-refractivity contribution in [2.75, 3.05) is 13.6 Å². The number of halogens is 2. The first-order chi connectivity index (χ1) is 6.50. The van der Waals surface area contributed by atoms with Crippen LogP contribution in [0.25, 0.3) is 0 Å². The molecule has 0 spiro atoms. The molecule has 1 aromatic rings. The molecule has 2 nitrogen and oxygen atoms in total. The van der Waals surface area contributed by atoms with Gasteiger partial charge >= 0.3 is 0 Å². The first-order valence-electron chi connectivity index (χ1n) is 3.82. The minimum absolute atomic E-state index is 0.393. The largest absolute Gasteiger partial charge is 0.335 e. The average Bonchev–Trinajstić information content (AvgIpc) is 2.49. The van der Waals surface area contributed by atoms with Crippen LogP contribution >= 0.6 is 24.0 Å². The Morgan fingerprint density at radius 3 is 2.79 bits per heavy atom. The molecule has 1 rings (SSSR count). The fourth-order valence-electron chi connectivity index (χ4n) is 0.916. The van der Waals surface area contributed by atoms with E-state index in [9.17, 15) is 13.6 Å². The van der Waals surface area contributed by atoms with E-state index >= 15 is 0 Å². The van der Waals surface area contributed by atoms with Gasteiger partial charge in [-0.15, -0.1) is 24.0 Å². The molecule has 0 N–H and O–H groups in total. The number of thiol groups is 1. The molecule has 0 aromatic carbocycles. The zero-order valence-corrected chi connectivity index (χ0v) is 9.12. The minimum atomic E-state index is -2.50. The van der Waals surface area contributed by atoms with E-state index in [1.807, 2.05) is 0 Å². The van der Waals surface area contributed by atoms with E-state index in [1.54, 1.807) is 11.4 Å². The first-order valence-corrected chi connectivity index (χ1v) is 5.14. The topological polar surface area (TPSA) is 20.3 Å². The van der Waals surface area contributed by atoms with Crippen LogP contribution in [0.5, 0.6) is 0 Å². The van der Waals surface area contributed by atoms with Crippen molar-refractivity contribution in [3.63, 3.8) is 0 Å². The zero-order valence-electron chi connectivity index (χ0n) is 7.41. The van der Waals surface area contributed by atoms with Gasteiger partial charge in [-0.1, -0.05) is 0 Å². The summed E-state index contributed by atoms with van der Waals surface area (Å²) in [5, 5.41) is 1.69. The Balaban J connectivity index is 2.65. The molecule has 1 aromatic heterocycles. The van der Waals surface area contributed by atoms with Crippen LogP contribution < -0.4 is 0 Å².